The quantitative estimate of drug-likeness (QED) is 0.0556. The molecule has 6 heterocycles. The van der Waals surface area contributed by atoms with Crippen molar-refractivity contribution in [1.29, 1.82) is 0 Å². The van der Waals surface area contributed by atoms with Crippen molar-refractivity contribution in [3.63, 3.8) is 0 Å². The summed E-state index contributed by atoms with van der Waals surface area (Å²) in [5.41, 5.74) is 9.49. The zero-order valence-corrected chi connectivity index (χ0v) is 35.9. The number of hydrogen-bond acceptors (Lipinski definition) is 16. The van der Waals surface area contributed by atoms with Crippen LogP contribution in [-0.4, -0.2) is 108 Å². The first-order valence-electron chi connectivity index (χ1n) is 21.0. The van der Waals surface area contributed by atoms with Gasteiger partial charge in [0.1, 0.15) is 23.7 Å². The number of carbonyl (C=O) groups is 1. The smallest absolute Gasteiger partial charge is 0.320 e. The highest BCUT2D eigenvalue weighted by Crippen LogP contribution is 2.21. The summed E-state index contributed by atoms with van der Waals surface area (Å²) in [7, 11) is 0. The normalized spacial score (nSPS) is 13.6. The molecule has 0 atom stereocenters. The molecule has 0 bridgehead atoms. The highest BCUT2D eigenvalue weighted by molar-refractivity contribution is 5.79. The number of hydrazine groups is 1. The van der Waals surface area contributed by atoms with E-state index in [4.69, 9.17) is 24.8 Å². The second-order valence-electron chi connectivity index (χ2n) is 14.5. The molecule has 0 spiro atoms. The molecule has 3 N–H and O–H groups in total. The van der Waals surface area contributed by atoms with Crippen molar-refractivity contribution in [2.75, 3.05) is 81.0 Å². The van der Waals surface area contributed by atoms with Crippen LogP contribution in [-0.2, 0) is 28.9 Å². The third-order valence-electron chi connectivity index (χ3n) is 9.60. The Kier molecular flexibility index (Phi) is 18.2. The van der Waals surface area contributed by atoms with E-state index in [2.05, 4.69) is 69.2 Å². The molecule has 8 rings (SSSR count). The number of aromatic nitrogens is 6. The van der Waals surface area contributed by atoms with Crippen molar-refractivity contribution in [2.45, 2.75) is 33.2 Å². The predicted octanol–water partition coefficient (Wildman–Crippen LogP) is 5.68. The van der Waals surface area contributed by atoms with Gasteiger partial charge in [-0.25, -0.2) is 5.84 Å². The number of aryl methyl sites for hydroxylation is 2. The zero-order chi connectivity index (χ0) is 43.9. The SMILES string of the molecule is Cc1cccc(C=NCc2cc(N3CCOCC3)nc(OCCc3ccccn3)n2)c1.Cc1cccc(C=O)c1.NNc1cc(N2CCOCC2)nc(OCCc2ccccn2)n1. The summed E-state index contributed by atoms with van der Waals surface area (Å²) in [5, 5.41) is 0. The van der Waals surface area contributed by atoms with Crippen LogP contribution in [0.25, 0.3) is 0 Å². The van der Waals surface area contributed by atoms with Gasteiger partial charge in [-0.1, -0.05) is 65.7 Å². The molecule has 2 aliphatic heterocycles. The number of nitrogens with one attached hydrogen (secondary N) is 1. The number of rotatable bonds is 15. The molecule has 0 saturated carbocycles. The number of nitrogen functional groups attached to an aromatic ring is 1. The number of ether oxygens (including phenoxy) is 4. The molecule has 0 amide bonds. The lowest BCUT2D eigenvalue weighted by Gasteiger charge is -2.28. The molecule has 2 fully saturated rings. The molecule has 63 heavy (non-hydrogen) atoms. The fourth-order valence-corrected chi connectivity index (χ4v) is 6.39. The minimum absolute atomic E-state index is 0.304. The molecule has 2 aromatic carbocycles. The number of hydrogen-bond donors (Lipinski definition) is 2. The van der Waals surface area contributed by atoms with Crippen LogP contribution < -0.4 is 30.5 Å². The first-order chi connectivity index (χ1) is 30.9. The van der Waals surface area contributed by atoms with E-state index in [9.17, 15) is 4.79 Å². The largest absolute Gasteiger partial charge is 0.463 e. The van der Waals surface area contributed by atoms with Crippen LogP contribution in [0.2, 0.25) is 0 Å². The number of morpholine rings is 2. The summed E-state index contributed by atoms with van der Waals surface area (Å²) >= 11 is 0. The Morgan fingerprint density at radius 3 is 1.70 bits per heavy atom. The van der Waals surface area contributed by atoms with Crippen molar-refractivity contribution in [3.05, 3.63) is 149 Å². The number of aliphatic imine (C=N–C) groups is 1. The lowest BCUT2D eigenvalue weighted by molar-refractivity contribution is 0.112. The van der Waals surface area contributed by atoms with E-state index in [1.807, 2.05) is 85.9 Å². The van der Waals surface area contributed by atoms with Gasteiger partial charge in [-0.15, -0.1) is 0 Å². The summed E-state index contributed by atoms with van der Waals surface area (Å²) in [6.45, 7) is 11.4. The molecular formula is C47H55N11O5. The summed E-state index contributed by atoms with van der Waals surface area (Å²) in [6.07, 6.45) is 7.68. The van der Waals surface area contributed by atoms with Crippen LogP contribution in [0.3, 0.4) is 0 Å². The summed E-state index contributed by atoms with van der Waals surface area (Å²) in [6, 6.07) is 31.9. The van der Waals surface area contributed by atoms with Crippen LogP contribution >= 0.6 is 0 Å². The third-order valence-corrected chi connectivity index (χ3v) is 9.60. The summed E-state index contributed by atoms with van der Waals surface area (Å²) < 4.78 is 22.4. The van der Waals surface area contributed by atoms with Crippen molar-refractivity contribution in [1.82, 2.24) is 29.9 Å². The molecule has 0 radical (unpaired) electrons. The van der Waals surface area contributed by atoms with Gasteiger partial charge in [-0.05, 0) is 49.7 Å². The van der Waals surface area contributed by atoms with Gasteiger partial charge in [0, 0.05) is 86.7 Å². The standard InChI is InChI=1S/C24H27N5O2.C15H20N6O2.C8H8O/c1-19-5-4-6-20(15-19)17-25-18-22-16-23(29-10-13-30-14-11-29)28-24(27-22)31-12-8-21-7-2-3-9-26-21;16-20-13-11-14(21-6-9-22-10-7-21)19-15(18-13)23-8-4-12-3-1-2-5-17-12;1-7-3-2-4-8(5-7)6-9/h2-7,9,15-17H,8,10-14,18H2,1H3;1-3,5,11H,4,6-10,16H2,(H,18,19,20);2-6H,1H3. The van der Waals surface area contributed by atoms with E-state index in [0.29, 0.717) is 76.9 Å². The number of benzene rings is 2. The van der Waals surface area contributed by atoms with Gasteiger partial charge >= 0.3 is 12.0 Å². The van der Waals surface area contributed by atoms with E-state index in [1.165, 1.54) is 5.56 Å². The molecule has 0 unspecified atom stereocenters. The van der Waals surface area contributed by atoms with Crippen LogP contribution in [0, 0.1) is 13.8 Å². The Labute approximate surface area is 368 Å². The minimum Gasteiger partial charge on any atom is -0.463 e. The minimum atomic E-state index is 0.304. The Morgan fingerprint density at radius 1 is 0.651 bits per heavy atom. The number of carbonyl (C=O) groups excluding carboxylic acids is 1. The van der Waals surface area contributed by atoms with Crippen LogP contribution in [0.15, 0.2) is 114 Å². The van der Waals surface area contributed by atoms with Crippen molar-refractivity contribution in [3.8, 4) is 12.0 Å². The average molecular weight is 854 g/mol. The highest BCUT2D eigenvalue weighted by Gasteiger charge is 2.17. The van der Waals surface area contributed by atoms with Gasteiger partial charge in [-0.2, -0.15) is 19.9 Å². The Morgan fingerprint density at radius 2 is 1.19 bits per heavy atom. The van der Waals surface area contributed by atoms with E-state index < -0.39 is 0 Å². The first kappa shape index (κ1) is 45.6. The molecule has 0 aliphatic carbocycles. The summed E-state index contributed by atoms with van der Waals surface area (Å²) in [4.78, 5) is 45.6. The average Bonchev–Trinajstić information content (AvgIpc) is 3.33. The predicted molar refractivity (Wildman–Crippen MR) is 244 cm³/mol. The van der Waals surface area contributed by atoms with Crippen molar-refractivity contribution < 1.29 is 23.7 Å². The molecule has 16 nitrogen and oxygen atoms in total. The molecule has 16 heteroatoms. The van der Waals surface area contributed by atoms with Gasteiger partial charge < -0.3 is 34.2 Å². The lowest BCUT2D eigenvalue weighted by atomic mass is 10.1. The number of pyridine rings is 2. The van der Waals surface area contributed by atoms with E-state index >= 15 is 0 Å². The second-order valence-corrected chi connectivity index (χ2v) is 14.5. The maximum atomic E-state index is 10.2. The summed E-state index contributed by atoms with van der Waals surface area (Å²) in [5.74, 6) is 7.65. The van der Waals surface area contributed by atoms with Gasteiger partial charge in [0.25, 0.3) is 0 Å². The Bertz CT molecular complexity index is 2310. The molecule has 4 aromatic heterocycles. The first-order valence-corrected chi connectivity index (χ1v) is 21.0. The zero-order valence-electron chi connectivity index (χ0n) is 35.9. The second kappa shape index (κ2) is 25.2. The van der Waals surface area contributed by atoms with Crippen LogP contribution in [0.4, 0.5) is 17.5 Å². The van der Waals surface area contributed by atoms with E-state index in [-0.39, 0.29) is 0 Å². The maximum absolute atomic E-state index is 10.2. The van der Waals surface area contributed by atoms with Gasteiger partial charge in [0.05, 0.1) is 51.9 Å². The number of nitrogens with two attached hydrogens (primary N) is 1. The van der Waals surface area contributed by atoms with Crippen molar-refractivity contribution >= 4 is 30.0 Å². The highest BCUT2D eigenvalue weighted by atomic mass is 16.5. The van der Waals surface area contributed by atoms with Gasteiger partial charge in [0.15, 0.2) is 0 Å². The maximum Gasteiger partial charge on any atom is 0.320 e. The van der Waals surface area contributed by atoms with Crippen LogP contribution in [0.5, 0.6) is 12.0 Å². The molecule has 6 aromatic rings. The van der Waals surface area contributed by atoms with E-state index in [0.717, 1.165) is 77.9 Å². The molecule has 2 aliphatic rings. The Hall–Kier alpha value is -6.88. The van der Waals surface area contributed by atoms with Crippen LogP contribution in [0.1, 0.15) is 44.1 Å². The molecular weight excluding hydrogens is 799 g/mol. The van der Waals surface area contributed by atoms with Gasteiger partial charge in [-0.3, -0.25) is 19.8 Å². The van der Waals surface area contributed by atoms with E-state index in [1.54, 1.807) is 24.5 Å². The fraction of sp³-hybridized carbons (Fsp3) is 0.319. The number of anilines is 3. The lowest BCUT2D eigenvalue weighted by Crippen LogP contribution is -2.37. The monoisotopic (exact) mass is 853 g/mol. The number of aldehydes is 1. The molecule has 2 saturated heterocycles. The Balaban J connectivity index is 0.000000180. The topological polar surface area (TPSA) is 188 Å². The third kappa shape index (κ3) is 15.8. The van der Waals surface area contributed by atoms with Crippen molar-refractivity contribution in [2.24, 2.45) is 10.8 Å². The molecule has 328 valence electrons. The van der Waals surface area contributed by atoms with Gasteiger partial charge in [0.2, 0.25) is 0 Å². The fourth-order valence-electron chi connectivity index (χ4n) is 6.39. The number of nitrogens with zero attached hydrogens (tertiary/aromatic N) is 9.